The summed E-state index contributed by atoms with van der Waals surface area (Å²) >= 11 is 6.88. The first-order chi connectivity index (χ1) is 17.9. The third-order valence-corrected chi connectivity index (χ3v) is 6.52. The van der Waals surface area contributed by atoms with Crippen LogP contribution in [0.3, 0.4) is 0 Å². The first-order valence-corrected chi connectivity index (χ1v) is 13.2. The van der Waals surface area contributed by atoms with Gasteiger partial charge in [0.25, 0.3) is 11.8 Å². The number of amides is 2. The van der Waals surface area contributed by atoms with Gasteiger partial charge in [-0.05, 0) is 77.8 Å². The van der Waals surface area contributed by atoms with Crippen molar-refractivity contribution in [2.75, 3.05) is 25.1 Å². The van der Waals surface area contributed by atoms with Crippen LogP contribution in [0.25, 0.3) is 6.08 Å². The summed E-state index contributed by atoms with van der Waals surface area (Å²) in [5.74, 6) is -0.396. The van der Waals surface area contributed by atoms with Gasteiger partial charge in [0.05, 0.1) is 17.8 Å². The molecule has 3 aromatic carbocycles. The molecular formula is C28H28Br2N4O3. The number of hydrogen-bond donors (Lipinski definition) is 2. The van der Waals surface area contributed by atoms with Crippen LogP contribution in [0.2, 0.25) is 0 Å². The van der Waals surface area contributed by atoms with E-state index in [1.165, 1.54) is 6.21 Å². The fraction of sp³-hybridized carbons (Fsp3) is 0.179. The Morgan fingerprint density at radius 2 is 1.68 bits per heavy atom. The van der Waals surface area contributed by atoms with Gasteiger partial charge >= 0.3 is 0 Å². The molecule has 0 saturated carbocycles. The van der Waals surface area contributed by atoms with Crippen LogP contribution in [0, 0.1) is 0 Å². The van der Waals surface area contributed by atoms with E-state index in [1.54, 1.807) is 37.5 Å². The lowest BCUT2D eigenvalue weighted by atomic mass is 10.1. The fourth-order valence-electron chi connectivity index (χ4n) is 3.59. The van der Waals surface area contributed by atoms with Crippen molar-refractivity contribution in [2.24, 2.45) is 5.10 Å². The molecule has 0 aliphatic rings. The smallest absolute Gasteiger partial charge is 0.287 e. The first-order valence-electron chi connectivity index (χ1n) is 11.7. The van der Waals surface area contributed by atoms with E-state index in [0.717, 1.165) is 33.3 Å². The van der Waals surface area contributed by atoms with E-state index < -0.39 is 11.8 Å². The second-order valence-corrected chi connectivity index (χ2v) is 9.62. The predicted molar refractivity (Wildman–Crippen MR) is 156 cm³/mol. The summed E-state index contributed by atoms with van der Waals surface area (Å²) in [6.45, 7) is 5.98. The molecule has 0 bridgehead atoms. The second-order valence-electron chi connectivity index (χ2n) is 7.85. The Morgan fingerprint density at radius 3 is 2.30 bits per heavy atom. The molecule has 0 heterocycles. The van der Waals surface area contributed by atoms with Gasteiger partial charge in [0.15, 0.2) is 0 Å². The van der Waals surface area contributed by atoms with E-state index in [4.69, 9.17) is 4.74 Å². The molecule has 0 radical (unpaired) electrons. The SMILES string of the molecule is CCN(CC)c1ccc(/C=C(\NC(=O)c2ccccc2)C(=O)NN=Cc2cc(Br)cc(Br)c2OC)cc1. The van der Waals surface area contributed by atoms with Crippen molar-refractivity contribution in [3.8, 4) is 5.75 Å². The molecule has 0 fully saturated rings. The Kier molecular flexibility index (Phi) is 10.5. The lowest BCUT2D eigenvalue weighted by Gasteiger charge is -2.21. The number of nitrogens with zero attached hydrogens (tertiary/aromatic N) is 2. The van der Waals surface area contributed by atoms with Crippen LogP contribution >= 0.6 is 31.9 Å². The number of hydrazone groups is 1. The van der Waals surface area contributed by atoms with Crippen molar-refractivity contribution in [3.05, 3.63) is 98.1 Å². The monoisotopic (exact) mass is 626 g/mol. The minimum atomic E-state index is -0.568. The molecule has 0 unspecified atom stereocenters. The third-order valence-electron chi connectivity index (χ3n) is 5.47. The molecule has 3 rings (SSSR count). The molecular weight excluding hydrogens is 600 g/mol. The molecule has 0 saturated heterocycles. The summed E-state index contributed by atoms with van der Waals surface area (Å²) in [5, 5.41) is 6.81. The molecule has 0 aromatic heterocycles. The van der Waals surface area contributed by atoms with E-state index in [0.29, 0.717) is 16.9 Å². The highest BCUT2D eigenvalue weighted by atomic mass is 79.9. The number of ether oxygens (including phenoxy) is 1. The van der Waals surface area contributed by atoms with Gasteiger partial charge in [-0.2, -0.15) is 5.10 Å². The van der Waals surface area contributed by atoms with E-state index in [9.17, 15) is 9.59 Å². The van der Waals surface area contributed by atoms with Crippen LogP contribution in [-0.4, -0.2) is 38.2 Å². The van der Waals surface area contributed by atoms with Crippen LogP contribution in [0.15, 0.2) is 86.5 Å². The average Bonchev–Trinajstić information content (AvgIpc) is 2.90. The Morgan fingerprint density at radius 1 is 1.00 bits per heavy atom. The quantitative estimate of drug-likeness (QED) is 0.164. The number of benzene rings is 3. The minimum absolute atomic E-state index is 0.0592. The Bertz CT molecular complexity index is 1290. The van der Waals surface area contributed by atoms with Crippen molar-refractivity contribution in [3.63, 3.8) is 0 Å². The van der Waals surface area contributed by atoms with Crippen LogP contribution in [0.1, 0.15) is 35.3 Å². The molecule has 0 spiro atoms. The highest BCUT2D eigenvalue weighted by Crippen LogP contribution is 2.31. The second kappa shape index (κ2) is 13.8. The Balaban J connectivity index is 1.86. The van der Waals surface area contributed by atoms with Gasteiger partial charge in [-0.25, -0.2) is 5.43 Å². The highest BCUT2D eigenvalue weighted by Gasteiger charge is 2.15. The van der Waals surface area contributed by atoms with Crippen molar-refractivity contribution >= 4 is 61.7 Å². The first kappa shape index (κ1) is 28.1. The number of nitrogens with one attached hydrogen (secondary N) is 2. The maximum Gasteiger partial charge on any atom is 0.287 e. The molecule has 2 N–H and O–H groups in total. The van der Waals surface area contributed by atoms with Gasteiger partial charge in [0.2, 0.25) is 0 Å². The Hall–Kier alpha value is -3.43. The summed E-state index contributed by atoms with van der Waals surface area (Å²) < 4.78 is 6.97. The summed E-state index contributed by atoms with van der Waals surface area (Å²) in [7, 11) is 1.55. The summed E-state index contributed by atoms with van der Waals surface area (Å²) in [6.07, 6.45) is 3.09. The van der Waals surface area contributed by atoms with Crippen molar-refractivity contribution < 1.29 is 14.3 Å². The van der Waals surface area contributed by atoms with Gasteiger partial charge in [-0.3, -0.25) is 9.59 Å². The van der Waals surface area contributed by atoms with Crippen molar-refractivity contribution in [2.45, 2.75) is 13.8 Å². The van der Waals surface area contributed by atoms with Crippen LogP contribution in [0.4, 0.5) is 5.69 Å². The minimum Gasteiger partial charge on any atom is -0.495 e. The van der Waals surface area contributed by atoms with E-state index in [2.05, 4.69) is 66.5 Å². The molecule has 9 heteroatoms. The van der Waals surface area contributed by atoms with Crippen LogP contribution in [-0.2, 0) is 4.79 Å². The molecule has 0 aliphatic heterocycles. The van der Waals surface area contributed by atoms with Gasteiger partial charge < -0.3 is 15.0 Å². The lowest BCUT2D eigenvalue weighted by Crippen LogP contribution is -2.32. The zero-order valence-corrected chi connectivity index (χ0v) is 24.0. The zero-order chi connectivity index (χ0) is 26.8. The number of methoxy groups -OCH3 is 1. The maximum atomic E-state index is 13.1. The highest BCUT2D eigenvalue weighted by molar-refractivity contribution is 9.11. The number of hydrogen-bond acceptors (Lipinski definition) is 5. The molecule has 0 atom stereocenters. The number of halogens is 2. The van der Waals surface area contributed by atoms with Crippen LogP contribution < -0.4 is 20.4 Å². The lowest BCUT2D eigenvalue weighted by molar-refractivity contribution is -0.117. The van der Waals surface area contributed by atoms with Gasteiger partial charge in [-0.15, -0.1) is 0 Å². The van der Waals surface area contributed by atoms with E-state index >= 15 is 0 Å². The number of rotatable bonds is 10. The summed E-state index contributed by atoms with van der Waals surface area (Å²) in [6, 6.07) is 20.2. The largest absolute Gasteiger partial charge is 0.495 e. The average molecular weight is 628 g/mol. The normalized spacial score (nSPS) is 11.3. The third kappa shape index (κ3) is 7.77. The predicted octanol–water partition coefficient (Wildman–Crippen LogP) is 5.99. The molecule has 3 aromatic rings. The van der Waals surface area contributed by atoms with Crippen molar-refractivity contribution in [1.82, 2.24) is 10.7 Å². The standard InChI is InChI=1S/C28H28Br2N4O3/c1-4-34(5-2)23-13-11-19(12-14-23)15-25(32-27(35)20-9-7-6-8-10-20)28(36)33-31-18-21-16-22(29)17-24(30)26(21)37-3/h6-18H,4-5H2,1-3H3,(H,32,35)(H,33,36)/b25-15-,31-18?. The molecule has 2 amide bonds. The molecule has 37 heavy (non-hydrogen) atoms. The molecule has 0 aliphatic carbocycles. The number of carbonyl (C=O) groups excluding carboxylic acids is 2. The maximum absolute atomic E-state index is 13.1. The van der Waals surface area contributed by atoms with Gasteiger partial charge in [-0.1, -0.05) is 46.3 Å². The summed E-state index contributed by atoms with van der Waals surface area (Å²) in [4.78, 5) is 28.1. The zero-order valence-electron chi connectivity index (χ0n) is 20.8. The molecule has 7 nitrogen and oxygen atoms in total. The van der Waals surface area contributed by atoms with Gasteiger partial charge in [0.1, 0.15) is 11.4 Å². The number of carbonyl (C=O) groups is 2. The van der Waals surface area contributed by atoms with Gasteiger partial charge in [0, 0.05) is 34.4 Å². The Labute approximate surface area is 233 Å². The number of anilines is 1. The van der Waals surface area contributed by atoms with E-state index in [1.807, 2.05) is 42.5 Å². The van der Waals surface area contributed by atoms with Crippen LogP contribution in [0.5, 0.6) is 5.75 Å². The fourth-order valence-corrected chi connectivity index (χ4v) is 5.01. The van der Waals surface area contributed by atoms with Crippen molar-refractivity contribution in [1.29, 1.82) is 0 Å². The summed E-state index contributed by atoms with van der Waals surface area (Å²) in [5.41, 5.74) is 5.49. The topological polar surface area (TPSA) is 83.0 Å². The molecule has 192 valence electrons. The van der Waals surface area contributed by atoms with E-state index in [-0.39, 0.29) is 5.70 Å².